The second kappa shape index (κ2) is 3.95. The van der Waals surface area contributed by atoms with Crippen LogP contribution >= 0.6 is 0 Å². The second-order valence-corrected chi connectivity index (χ2v) is 3.87. The minimum Gasteiger partial charge on any atom is -0.507 e. The molecule has 1 aromatic heterocycles. The van der Waals surface area contributed by atoms with Gasteiger partial charge in [-0.15, -0.1) is 0 Å². The molecule has 2 rings (SSSR count). The number of rotatable bonds is 3. The lowest BCUT2D eigenvalue weighted by Crippen LogP contribution is -2.09. The molecule has 0 saturated carbocycles. The van der Waals surface area contributed by atoms with E-state index in [1.165, 1.54) is 0 Å². The summed E-state index contributed by atoms with van der Waals surface area (Å²) in [6, 6.07) is 3.86. The molecule has 0 radical (unpaired) electrons. The fourth-order valence-corrected chi connectivity index (χ4v) is 1.91. The Morgan fingerprint density at radius 2 is 2.20 bits per heavy atom. The Morgan fingerprint density at radius 1 is 1.40 bits per heavy atom. The SMILES string of the molecule is CNCCc1c[nH]c2cc(C)cc(O)c12. The molecule has 80 valence electrons. The third kappa shape index (κ3) is 1.83. The summed E-state index contributed by atoms with van der Waals surface area (Å²) in [7, 11) is 1.93. The summed E-state index contributed by atoms with van der Waals surface area (Å²) in [6.45, 7) is 2.90. The summed E-state index contributed by atoms with van der Waals surface area (Å²) in [4.78, 5) is 3.19. The molecule has 3 nitrogen and oxygen atoms in total. The molecule has 0 saturated heterocycles. The second-order valence-electron chi connectivity index (χ2n) is 3.87. The number of likely N-dealkylation sites (N-methyl/N-ethyl adjacent to an activating group) is 1. The zero-order valence-corrected chi connectivity index (χ0v) is 9.09. The summed E-state index contributed by atoms with van der Waals surface area (Å²) in [5.74, 6) is 0.373. The van der Waals surface area contributed by atoms with Crippen molar-refractivity contribution in [2.75, 3.05) is 13.6 Å². The number of fused-ring (bicyclic) bond motifs is 1. The van der Waals surface area contributed by atoms with Crippen LogP contribution in [0.25, 0.3) is 10.9 Å². The van der Waals surface area contributed by atoms with Crippen molar-refractivity contribution in [2.24, 2.45) is 0 Å². The van der Waals surface area contributed by atoms with E-state index in [4.69, 9.17) is 0 Å². The van der Waals surface area contributed by atoms with Crippen LogP contribution in [-0.4, -0.2) is 23.7 Å². The first kappa shape index (κ1) is 10.1. The van der Waals surface area contributed by atoms with Crippen molar-refractivity contribution < 1.29 is 5.11 Å². The monoisotopic (exact) mass is 204 g/mol. The van der Waals surface area contributed by atoms with Gasteiger partial charge in [-0.2, -0.15) is 0 Å². The molecule has 0 fully saturated rings. The molecule has 15 heavy (non-hydrogen) atoms. The van der Waals surface area contributed by atoms with Crippen molar-refractivity contribution in [1.29, 1.82) is 0 Å². The average Bonchev–Trinajstić information content (AvgIpc) is 2.58. The molecule has 3 heteroatoms. The fourth-order valence-electron chi connectivity index (χ4n) is 1.91. The number of aromatic nitrogens is 1. The van der Waals surface area contributed by atoms with E-state index in [1.54, 1.807) is 6.07 Å². The van der Waals surface area contributed by atoms with Gasteiger partial charge in [0, 0.05) is 17.1 Å². The lowest BCUT2D eigenvalue weighted by Gasteiger charge is -2.02. The number of phenolic OH excluding ortho intramolecular Hbond substituents is 1. The number of phenols is 1. The van der Waals surface area contributed by atoms with Crippen molar-refractivity contribution >= 4 is 10.9 Å². The van der Waals surface area contributed by atoms with E-state index in [0.717, 1.165) is 35.0 Å². The minimum absolute atomic E-state index is 0.373. The minimum atomic E-state index is 0.373. The number of benzene rings is 1. The van der Waals surface area contributed by atoms with E-state index in [1.807, 2.05) is 20.2 Å². The number of aryl methyl sites for hydroxylation is 1. The average molecular weight is 204 g/mol. The number of hydrogen-bond donors (Lipinski definition) is 3. The van der Waals surface area contributed by atoms with Crippen LogP contribution in [0.3, 0.4) is 0 Å². The Bertz CT molecular complexity index is 474. The van der Waals surface area contributed by atoms with E-state index in [2.05, 4.69) is 16.4 Å². The first-order valence-electron chi connectivity index (χ1n) is 5.16. The molecular weight excluding hydrogens is 188 g/mol. The van der Waals surface area contributed by atoms with E-state index < -0.39 is 0 Å². The summed E-state index contributed by atoms with van der Waals surface area (Å²) in [5, 5.41) is 13.9. The quantitative estimate of drug-likeness (QED) is 0.715. The predicted octanol–water partition coefficient (Wildman–Crippen LogP) is 1.94. The van der Waals surface area contributed by atoms with Crippen molar-refractivity contribution in [3.8, 4) is 5.75 Å². The Hall–Kier alpha value is -1.48. The third-order valence-corrected chi connectivity index (χ3v) is 2.63. The molecule has 0 spiro atoms. The molecule has 0 aliphatic heterocycles. The highest BCUT2D eigenvalue weighted by atomic mass is 16.3. The molecule has 0 aliphatic rings. The standard InChI is InChI=1S/C12H16N2O/c1-8-5-10-12(11(15)6-8)9(7-14-10)3-4-13-2/h5-7,13-15H,3-4H2,1-2H3. The van der Waals surface area contributed by atoms with Gasteiger partial charge in [-0.05, 0) is 50.2 Å². The first-order valence-corrected chi connectivity index (χ1v) is 5.16. The Balaban J connectivity index is 2.49. The number of hydrogen-bond acceptors (Lipinski definition) is 2. The summed E-state index contributed by atoms with van der Waals surface area (Å²) >= 11 is 0. The van der Waals surface area contributed by atoms with E-state index >= 15 is 0 Å². The highest BCUT2D eigenvalue weighted by Crippen LogP contribution is 2.29. The molecule has 0 aliphatic carbocycles. The van der Waals surface area contributed by atoms with Gasteiger partial charge in [0.2, 0.25) is 0 Å². The zero-order chi connectivity index (χ0) is 10.8. The molecule has 1 aromatic carbocycles. The van der Waals surface area contributed by atoms with Gasteiger partial charge in [0.25, 0.3) is 0 Å². The topological polar surface area (TPSA) is 48.0 Å². The highest BCUT2D eigenvalue weighted by molar-refractivity contribution is 5.89. The van der Waals surface area contributed by atoms with Crippen LogP contribution in [0.2, 0.25) is 0 Å². The summed E-state index contributed by atoms with van der Waals surface area (Å²) in [5.41, 5.74) is 3.25. The third-order valence-electron chi connectivity index (χ3n) is 2.63. The van der Waals surface area contributed by atoms with Crippen molar-refractivity contribution in [3.63, 3.8) is 0 Å². The zero-order valence-electron chi connectivity index (χ0n) is 9.09. The van der Waals surface area contributed by atoms with Crippen LogP contribution in [0.15, 0.2) is 18.3 Å². The molecule has 0 amide bonds. The van der Waals surface area contributed by atoms with Gasteiger partial charge in [-0.1, -0.05) is 0 Å². The molecule has 0 bridgehead atoms. The van der Waals surface area contributed by atoms with Gasteiger partial charge in [0.1, 0.15) is 5.75 Å². The summed E-state index contributed by atoms with van der Waals surface area (Å²) < 4.78 is 0. The lowest BCUT2D eigenvalue weighted by atomic mass is 10.1. The van der Waals surface area contributed by atoms with Crippen LogP contribution in [-0.2, 0) is 6.42 Å². The smallest absolute Gasteiger partial charge is 0.125 e. The van der Waals surface area contributed by atoms with Crippen molar-refractivity contribution in [1.82, 2.24) is 10.3 Å². The van der Waals surface area contributed by atoms with E-state index in [0.29, 0.717) is 5.75 Å². The van der Waals surface area contributed by atoms with Gasteiger partial charge in [-0.3, -0.25) is 0 Å². The number of aromatic hydroxyl groups is 1. The largest absolute Gasteiger partial charge is 0.507 e. The maximum absolute atomic E-state index is 9.88. The van der Waals surface area contributed by atoms with Gasteiger partial charge in [0.15, 0.2) is 0 Å². The maximum Gasteiger partial charge on any atom is 0.125 e. The van der Waals surface area contributed by atoms with E-state index in [-0.39, 0.29) is 0 Å². The van der Waals surface area contributed by atoms with Crippen LogP contribution in [0.5, 0.6) is 5.75 Å². The molecular formula is C12H16N2O. The number of H-pyrrole nitrogens is 1. The maximum atomic E-state index is 9.88. The van der Waals surface area contributed by atoms with Gasteiger partial charge in [0.05, 0.1) is 0 Å². The normalized spacial score (nSPS) is 11.1. The molecule has 0 atom stereocenters. The van der Waals surface area contributed by atoms with Gasteiger partial charge < -0.3 is 15.4 Å². The van der Waals surface area contributed by atoms with Gasteiger partial charge in [-0.25, -0.2) is 0 Å². The number of aromatic amines is 1. The predicted molar refractivity (Wildman–Crippen MR) is 62.3 cm³/mol. The van der Waals surface area contributed by atoms with Crippen LogP contribution in [0.1, 0.15) is 11.1 Å². The molecule has 1 heterocycles. The van der Waals surface area contributed by atoms with Crippen molar-refractivity contribution in [2.45, 2.75) is 13.3 Å². The van der Waals surface area contributed by atoms with E-state index in [9.17, 15) is 5.11 Å². The Morgan fingerprint density at radius 3 is 2.93 bits per heavy atom. The Kier molecular flexibility index (Phi) is 2.64. The van der Waals surface area contributed by atoms with Crippen LogP contribution in [0.4, 0.5) is 0 Å². The Labute approximate surface area is 89.1 Å². The lowest BCUT2D eigenvalue weighted by molar-refractivity contribution is 0.481. The fraction of sp³-hybridized carbons (Fsp3) is 0.333. The number of nitrogens with one attached hydrogen (secondary N) is 2. The molecule has 3 N–H and O–H groups in total. The summed E-state index contributed by atoms with van der Waals surface area (Å²) in [6.07, 6.45) is 2.90. The first-order chi connectivity index (χ1) is 7.22. The van der Waals surface area contributed by atoms with Crippen LogP contribution in [0, 0.1) is 6.92 Å². The van der Waals surface area contributed by atoms with Gasteiger partial charge >= 0.3 is 0 Å². The molecule has 2 aromatic rings. The van der Waals surface area contributed by atoms with Crippen LogP contribution < -0.4 is 5.32 Å². The molecule has 0 unspecified atom stereocenters. The highest BCUT2D eigenvalue weighted by Gasteiger charge is 2.08. The van der Waals surface area contributed by atoms with Crippen molar-refractivity contribution in [3.05, 3.63) is 29.5 Å².